The number of amides is 1. The third kappa shape index (κ3) is 0.794. The number of hydrogen-bond donors (Lipinski definition) is 1. The van der Waals surface area contributed by atoms with Crippen molar-refractivity contribution in [2.24, 2.45) is 0 Å². The fourth-order valence-corrected chi connectivity index (χ4v) is 2.61. The van der Waals surface area contributed by atoms with Crippen LogP contribution in [0, 0.1) is 0 Å². The van der Waals surface area contributed by atoms with Gasteiger partial charge >= 0.3 is 0 Å². The Balaban J connectivity index is 2.23. The Morgan fingerprint density at radius 1 is 1.43 bits per heavy atom. The summed E-state index contributed by atoms with van der Waals surface area (Å²) in [5, 5.41) is 0. The lowest BCUT2D eigenvalue weighted by Gasteiger charge is -2.15. The van der Waals surface area contributed by atoms with Crippen molar-refractivity contribution in [1.82, 2.24) is 4.90 Å². The van der Waals surface area contributed by atoms with Crippen molar-refractivity contribution in [2.75, 3.05) is 12.3 Å². The van der Waals surface area contributed by atoms with Crippen molar-refractivity contribution in [3.05, 3.63) is 29.3 Å². The van der Waals surface area contributed by atoms with Gasteiger partial charge in [-0.05, 0) is 25.0 Å². The first-order valence-corrected chi connectivity index (χ1v) is 4.98. The summed E-state index contributed by atoms with van der Waals surface area (Å²) >= 11 is 0. The Bertz CT molecular complexity index is 414. The van der Waals surface area contributed by atoms with Crippen molar-refractivity contribution in [3.8, 4) is 0 Å². The summed E-state index contributed by atoms with van der Waals surface area (Å²) in [6, 6.07) is 5.88. The molecule has 1 saturated heterocycles. The molecule has 0 aliphatic carbocycles. The highest BCUT2D eigenvalue weighted by molar-refractivity contribution is 6.01. The SMILES string of the molecule is Nc1cccc2c1C1CCCN1C2=O. The molecule has 0 radical (unpaired) electrons. The lowest BCUT2D eigenvalue weighted by atomic mass is 10.0. The molecule has 3 nitrogen and oxygen atoms in total. The second kappa shape index (κ2) is 2.50. The van der Waals surface area contributed by atoms with Gasteiger partial charge in [0.05, 0.1) is 6.04 Å². The zero-order valence-electron chi connectivity index (χ0n) is 7.86. The van der Waals surface area contributed by atoms with Gasteiger partial charge < -0.3 is 10.6 Å². The number of hydrogen-bond acceptors (Lipinski definition) is 2. The average Bonchev–Trinajstić information content (AvgIpc) is 2.72. The quantitative estimate of drug-likeness (QED) is 0.628. The molecule has 14 heavy (non-hydrogen) atoms. The van der Waals surface area contributed by atoms with Crippen molar-refractivity contribution in [1.29, 1.82) is 0 Å². The van der Waals surface area contributed by atoms with E-state index in [9.17, 15) is 4.79 Å². The standard InChI is InChI=1S/C11H12N2O/c12-8-4-1-3-7-10(8)9-5-2-6-13(9)11(7)14/h1,3-4,9H,2,5-6,12H2. The normalized spacial score (nSPS) is 23.9. The molecule has 1 fully saturated rings. The number of carbonyl (C=O) groups is 1. The molecule has 2 heterocycles. The number of fused-ring (bicyclic) bond motifs is 3. The first-order chi connectivity index (χ1) is 6.79. The molecule has 2 aliphatic heterocycles. The van der Waals surface area contributed by atoms with Crippen LogP contribution in [0.5, 0.6) is 0 Å². The molecule has 3 rings (SSSR count). The fraction of sp³-hybridized carbons (Fsp3) is 0.364. The predicted octanol–water partition coefficient (Wildman–Crippen LogP) is 1.56. The smallest absolute Gasteiger partial charge is 0.254 e. The molecule has 1 atom stereocenters. The highest BCUT2D eigenvalue weighted by Gasteiger charge is 2.40. The average molecular weight is 188 g/mol. The molecule has 2 N–H and O–H groups in total. The van der Waals surface area contributed by atoms with Gasteiger partial charge in [-0.1, -0.05) is 6.07 Å². The van der Waals surface area contributed by atoms with Gasteiger partial charge in [0, 0.05) is 23.4 Å². The van der Waals surface area contributed by atoms with E-state index in [2.05, 4.69) is 0 Å². The zero-order chi connectivity index (χ0) is 9.71. The third-order valence-corrected chi connectivity index (χ3v) is 3.22. The molecule has 2 aliphatic rings. The summed E-state index contributed by atoms with van der Waals surface area (Å²) in [5.41, 5.74) is 8.56. The van der Waals surface area contributed by atoms with Gasteiger partial charge in [-0.25, -0.2) is 0 Å². The summed E-state index contributed by atoms with van der Waals surface area (Å²) in [4.78, 5) is 13.8. The second-order valence-corrected chi connectivity index (χ2v) is 3.97. The molecule has 1 amide bonds. The minimum absolute atomic E-state index is 0.162. The molecule has 3 heteroatoms. The Hall–Kier alpha value is -1.51. The molecular weight excluding hydrogens is 176 g/mol. The maximum atomic E-state index is 11.9. The Morgan fingerprint density at radius 2 is 2.29 bits per heavy atom. The summed E-state index contributed by atoms with van der Waals surface area (Å²) in [6.07, 6.45) is 2.16. The highest BCUT2D eigenvalue weighted by Crippen LogP contribution is 2.43. The topological polar surface area (TPSA) is 46.3 Å². The highest BCUT2D eigenvalue weighted by atomic mass is 16.2. The summed E-state index contributed by atoms with van der Waals surface area (Å²) in [7, 11) is 0. The molecule has 1 unspecified atom stereocenters. The minimum Gasteiger partial charge on any atom is -0.398 e. The number of benzene rings is 1. The molecule has 0 saturated carbocycles. The van der Waals surface area contributed by atoms with E-state index in [1.807, 2.05) is 23.1 Å². The number of nitrogens with zero attached hydrogens (tertiary/aromatic N) is 1. The van der Waals surface area contributed by atoms with Crippen molar-refractivity contribution >= 4 is 11.6 Å². The number of carbonyl (C=O) groups excluding carboxylic acids is 1. The lowest BCUT2D eigenvalue weighted by molar-refractivity contribution is 0.0776. The van der Waals surface area contributed by atoms with Crippen LogP contribution in [0.4, 0.5) is 5.69 Å². The van der Waals surface area contributed by atoms with Gasteiger partial charge in [0.15, 0.2) is 0 Å². The zero-order valence-corrected chi connectivity index (χ0v) is 7.86. The van der Waals surface area contributed by atoms with Crippen LogP contribution in [-0.4, -0.2) is 17.4 Å². The van der Waals surface area contributed by atoms with E-state index in [-0.39, 0.29) is 11.9 Å². The third-order valence-electron chi connectivity index (χ3n) is 3.22. The van der Waals surface area contributed by atoms with Crippen LogP contribution >= 0.6 is 0 Å². The van der Waals surface area contributed by atoms with Gasteiger partial charge in [-0.15, -0.1) is 0 Å². The molecular formula is C11H12N2O. The van der Waals surface area contributed by atoms with E-state index in [0.29, 0.717) is 0 Å². The Kier molecular flexibility index (Phi) is 1.40. The monoisotopic (exact) mass is 188 g/mol. The van der Waals surface area contributed by atoms with Gasteiger partial charge in [0.1, 0.15) is 0 Å². The maximum Gasteiger partial charge on any atom is 0.254 e. The molecule has 0 aromatic heterocycles. The van der Waals surface area contributed by atoms with E-state index >= 15 is 0 Å². The van der Waals surface area contributed by atoms with Crippen molar-refractivity contribution < 1.29 is 4.79 Å². The van der Waals surface area contributed by atoms with Gasteiger partial charge in [0.25, 0.3) is 5.91 Å². The van der Waals surface area contributed by atoms with Crippen LogP contribution in [0.3, 0.4) is 0 Å². The number of anilines is 1. The number of nitrogen functional groups attached to an aromatic ring is 1. The van der Waals surface area contributed by atoms with Crippen molar-refractivity contribution in [3.63, 3.8) is 0 Å². The number of nitrogens with two attached hydrogens (primary N) is 1. The van der Waals surface area contributed by atoms with Crippen molar-refractivity contribution in [2.45, 2.75) is 18.9 Å². The molecule has 72 valence electrons. The van der Waals surface area contributed by atoms with Crippen LogP contribution in [0.2, 0.25) is 0 Å². The summed E-state index contributed by atoms with van der Waals surface area (Å²) in [6.45, 7) is 0.887. The summed E-state index contributed by atoms with van der Waals surface area (Å²) in [5.74, 6) is 0.162. The van der Waals surface area contributed by atoms with E-state index in [1.165, 1.54) is 0 Å². The molecule has 0 spiro atoms. The van der Waals surface area contributed by atoms with Crippen LogP contribution in [0.1, 0.15) is 34.8 Å². The Morgan fingerprint density at radius 3 is 3.14 bits per heavy atom. The molecule has 1 aromatic rings. The number of rotatable bonds is 0. The summed E-state index contributed by atoms with van der Waals surface area (Å²) < 4.78 is 0. The first kappa shape index (κ1) is 7.85. The van der Waals surface area contributed by atoms with E-state index in [0.717, 1.165) is 36.2 Å². The predicted molar refractivity (Wildman–Crippen MR) is 53.9 cm³/mol. The lowest BCUT2D eigenvalue weighted by Crippen LogP contribution is -2.22. The van der Waals surface area contributed by atoms with Gasteiger partial charge in [-0.2, -0.15) is 0 Å². The second-order valence-electron chi connectivity index (χ2n) is 3.97. The molecule has 1 aromatic carbocycles. The van der Waals surface area contributed by atoms with E-state index in [4.69, 9.17) is 5.73 Å². The maximum absolute atomic E-state index is 11.9. The van der Waals surface area contributed by atoms with E-state index < -0.39 is 0 Å². The van der Waals surface area contributed by atoms with Crippen LogP contribution in [0.25, 0.3) is 0 Å². The largest absolute Gasteiger partial charge is 0.398 e. The van der Waals surface area contributed by atoms with Gasteiger partial charge in [-0.3, -0.25) is 4.79 Å². The van der Waals surface area contributed by atoms with Crippen LogP contribution < -0.4 is 5.73 Å². The van der Waals surface area contributed by atoms with Crippen LogP contribution in [-0.2, 0) is 0 Å². The van der Waals surface area contributed by atoms with Crippen LogP contribution in [0.15, 0.2) is 18.2 Å². The van der Waals surface area contributed by atoms with E-state index in [1.54, 1.807) is 0 Å². The van der Waals surface area contributed by atoms with Gasteiger partial charge in [0.2, 0.25) is 0 Å². The molecule has 0 bridgehead atoms. The minimum atomic E-state index is 0.162. The first-order valence-electron chi connectivity index (χ1n) is 4.98. The Labute approximate surface area is 82.5 Å². The fourth-order valence-electron chi connectivity index (χ4n) is 2.61.